The third-order valence-electron chi connectivity index (χ3n) is 9.29. The number of nitrogens with one attached hydrogen (secondary N) is 3. The summed E-state index contributed by atoms with van der Waals surface area (Å²) in [6, 6.07) is 9.85. The summed E-state index contributed by atoms with van der Waals surface area (Å²) in [4.78, 5) is 71.2. The van der Waals surface area contributed by atoms with Crippen molar-refractivity contribution in [3.8, 4) is 10.4 Å². The number of anilines is 1. The van der Waals surface area contributed by atoms with E-state index < -0.39 is 47.4 Å². The number of nitrogens with zero attached hydrogens (tertiary/aromatic N) is 2. The molecule has 8 N–H and O–H groups in total. The summed E-state index contributed by atoms with van der Waals surface area (Å²) in [5.41, 5.74) is 16.1. The summed E-state index contributed by atoms with van der Waals surface area (Å²) in [7, 11) is 0. The number of carbonyl (C=O) groups excluding carboxylic acids is 5. The van der Waals surface area contributed by atoms with E-state index >= 15 is 0 Å². The smallest absolute Gasteiger partial charge is 0.246 e. The van der Waals surface area contributed by atoms with Gasteiger partial charge < -0.3 is 37.4 Å². The van der Waals surface area contributed by atoms with E-state index in [1.807, 2.05) is 58.9 Å². The zero-order valence-corrected chi connectivity index (χ0v) is 33.6. The van der Waals surface area contributed by atoms with Crippen molar-refractivity contribution in [2.24, 2.45) is 16.9 Å². The number of likely N-dealkylation sites (tertiary alicyclic amines) is 1. The number of aliphatic hydroxyl groups excluding tert-OH is 1. The molecule has 3 aromatic rings. The van der Waals surface area contributed by atoms with Crippen LogP contribution in [0.2, 0.25) is 5.02 Å². The average molecular weight is 805 g/mol. The number of benzene rings is 2. The van der Waals surface area contributed by atoms with Gasteiger partial charge in [0.15, 0.2) is 0 Å². The molecular formula is C38H51Cl2N7O6S. The Bertz CT molecular complexity index is 1800. The number of rotatable bonds is 15. The van der Waals surface area contributed by atoms with Crippen LogP contribution in [0, 0.1) is 12.3 Å². The van der Waals surface area contributed by atoms with Crippen LogP contribution in [-0.2, 0) is 30.4 Å². The number of amides is 5. The maximum atomic E-state index is 14.0. The lowest BCUT2D eigenvalue weighted by Crippen LogP contribution is -2.57. The van der Waals surface area contributed by atoms with Crippen LogP contribution in [0.3, 0.4) is 0 Å². The fourth-order valence-electron chi connectivity index (χ4n) is 6.21. The van der Waals surface area contributed by atoms with Gasteiger partial charge in [-0.3, -0.25) is 24.0 Å². The van der Waals surface area contributed by atoms with Crippen molar-refractivity contribution in [1.82, 2.24) is 20.5 Å². The van der Waals surface area contributed by atoms with Gasteiger partial charge in [-0.2, -0.15) is 0 Å². The van der Waals surface area contributed by atoms with Crippen LogP contribution < -0.4 is 27.4 Å². The number of primary amides is 1. The number of carbonyl (C=O) groups is 5. The Morgan fingerprint density at radius 3 is 2.37 bits per heavy atom. The van der Waals surface area contributed by atoms with Crippen LogP contribution in [-0.4, -0.2) is 75.3 Å². The minimum absolute atomic E-state index is 0. The molecule has 54 heavy (non-hydrogen) atoms. The number of aryl methyl sites for hydroxylation is 2. The molecule has 5 atom stereocenters. The predicted molar refractivity (Wildman–Crippen MR) is 213 cm³/mol. The van der Waals surface area contributed by atoms with Crippen LogP contribution in [0.25, 0.3) is 10.4 Å². The summed E-state index contributed by atoms with van der Waals surface area (Å²) in [6.45, 7) is 9.28. The monoisotopic (exact) mass is 803 g/mol. The van der Waals surface area contributed by atoms with E-state index in [1.54, 1.807) is 35.0 Å². The van der Waals surface area contributed by atoms with Crippen molar-refractivity contribution >= 4 is 70.6 Å². The zero-order valence-electron chi connectivity index (χ0n) is 31.2. The first-order valence-corrected chi connectivity index (χ1v) is 18.9. The van der Waals surface area contributed by atoms with E-state index in [4.69, 9.17) is 23.1 Å². The number of aromatic nitrogens is 1. The van der Waals surface area contributed by atoms with Gasteiger partial charge in [0.1, 0.15) is 12.1 Å². The van der Waals surface area contributed by atoms with Crippen LogP contribution in [0.5, 0.6) is 0 Å². The molecule has 13 nitrogen and oxygen atoms in total. The molecule has 1 aliphatic heterocycles. The lowest BCUT2D eigenvalue weighted by molar-refractivity contribution is -0.144. The van der Waals surface area contributed by atoms with Crippen LogP contribution >= 0.6 is 35.3 Å². The lowest BCUT2D eigenvalue weighted by Gasteiger charge is -2.35. The molecular weight excluding hydrogens is 753 g/mol. The fourth-order valence-corrected chi connectivity index (χ4v) is 7.29. The molecule has 1 unspecified atom stereocenters. The highest BCUT2D eigenvalue weighted by Crippen LogP contribution is 2.30. The highest BCUT2D eigenvalue weighted by molar-refractivity contribution is 7.13. The summed E-state index contributed by atoms with van der Waals surface area (Å²) in [5, 5.41) is 19.5. The molecule has 0 radical (unpaired) electrons. The third-order valence-corrected chi connectivity index (χ3v) is 10.7. The molecule has 2 aromatic carbocycles. The summed E-state index contributed by atoms with van der Waals surface area (Å²) in [6.07, 6.45) is 0.146. The van der Waals surface area contributed by atoms with E-state index in [0.717, 1.165) is 21.7 Å². The summed E-state index contributed by atoms with van der Waals surface area (Å²) >= 11 is 8.14. The van der Waals surface area contributed by atoms with Gasteiger partial charge in [0.05, 0.1) is 45.0 Å². The number of hydrogen-bond acceptors (Lipinski definition) is 9. The van der Waals surface area contributed by atoms with E-state index in [2.05, 4.69) is 20.9 Å². The van der Waals surface area contributed by atoms with Crippen molar-refractivity contribution in [3.63, 3.8) is 0 Å². The van der Waals surface area contributed by atoms with Gasteiger partial charge in [-0.1, -0.05) is 68.8 Å². The third kappa shape index (κ3) is 11.7. The van der Waals surface area contributed by atoms with E-state index in [1.165, 1.54) is 4.90 Å². The summed E-state index contributed by atoms with van der Waals surface area (Å²) < 4.78 is 0. The second-order valence-electron chi connectivity index (χ2n) is 14.6. The minimum Gasteiger partial charge on any atom is -0.391 e. The minimum atomic E-state index is -0.961. The topological polar surface area (TPSA) is 210 Å². The molecule has 1 aliphatic rings. The van der Waals surface area contributed by atoms with Gasteiger partial charge in [0.25, 0.3) is 0 Å². The molecule has 0 aliphatic carbocycles. The number of nitrogens with two attached hydrogens (primary N) is 2. The number of halogens is 2. The van der Waals surface area contributed by atoms with Gasteiger partial charge in [-0.25, -0.2) is 4.98 Å². The van der Waals surface area contributed by atoms with Gasteiger partial charge in [0.2, 0.25) is 29.5 Å². The molecule has 0 spiro atoms. The molecule has 1 aromatic heterocycles. The highest BCUT2D eigenvalue weighted by atomic mass is 35.5. The largest absolute Gasteiger partial charge is 0.391 e. The Labute approximate surface area is 331 Å². The van der Waals surface area contributed by atoms with Crippen molar-refractivity contribution in [2.75, 3.05) is 11.9 Å². The first-order chi connectivity index (χ1) is 25.0. The second kappa shape index (κ2) is 19.5. The fraction of sp³-hybridized carbons (Fsp3) is 0.474. The highest BCUT2D eigenvalue weighted by Gasteiger charge is 2.44. The number of hydrogen-bond donors (Lipinski definition) is 6. The molecule has 2 heterocycles. The van der Waals surface area contributed by atoms with Crippen molar-refractivity contribution in [2.45, 2.75) is 103 Å². The number of thiazole rings is 1. The molecule has 5 amide bonds. The van der Waals surface area contributed by atoms with Crippen LogP contribution in [0.15, 0.2) is 48.0 Å². The van der Waals surface area contributed by atoms with E-state index in [0.29, 0.717) is 29.1 Å². The number of β-amino-alcohol motifs (C(OH)–C–C–N with tert-alkyl or cyclic N) is 1. The molecule has 0 saturated carbocycles. The Morgan fingerprint density at radius 2 is 1.76 bits per heavy atom. The maximum Gasteiger partial charge on any atom is 0.246 e. The first-order valence-electron chi connectivity index (χ1n) is 17.7. The molecule has 1 saturated heterocycles. The lowest BCUT2D eigenvalue weighted by atomic mass is 9.85. The second-order valence-corrected chi connectivity index (χ2v) is 15.8. The molecule has 294 valence electrons. The Morgan fingerprint density at radius 1 is 1.07 bits per heavy atom. The molecule has 1 fully saturated rings. The SMILES string of the molecule is Cc1ncsc1-c1ccc([C@H](C)NC(=O)[C@@H]2C[C@@H](O)CN2C(=O)[C@@H](NC(=O)CCCc2cccc(NC(=O)C(N)CCC(N)=O)c2Cl)C(C)(C)C)cc1.Cl. The van der Waals surface area contributed by atoms with Gasteiger partial charge >= 0.3 is 0 Å². The van der Waals surface area contributed by atoms with E-state index in [-0.39, 0.29) is 62.5 Å². The Hall–Kier alpha value is -4.08. The maximum absolute atomic E-state index is 14.0. The van der Waals surface area contributed by atoms with Gasteiger partial charge in [0, 0.05) is 25.8 Å². The van der Waals surface area contributed by atoms with Gasteiger partial charge in [-0.05, 0) is 61.3 Å². The average Bonchev–Trinajstić information content (AvgIpc) is 3.72. The molecule has 16 heteroatoms. The molecule has 0 bridgehead atoms. The van der Waals surface area contributed by atoms with Crippen LogP contribution in [0.1, 0.15) is 82.7 Å². The van der Waals surface area contributed by atoms with Gasteiger partial charge in [-0.15, -0.1) is 23.7 Å². The van der Waals surface area contributed by atoms with Crippen molar-refractivity contribution < 1.29 is 29.1 Å². The predicted octanol–water partition coefficient (Wildman–Crippen LogP) is 4.42. The van der Waals surface area contributed by atoms with Crippen molar-refractivity contribution in [1.29, 1.82) is 0 Å². The normalized spacial score (nSPS) is 17.1. The quantitative estimate of drug-likeness (QED) is 0.129. The summed E-state index contributed by atoms with van der Waals surface area (Å²) in [5.74, 6) is -2.24. The van der Waals surface area contributed by atoms with E-state index in [9.17, 15) is 29.1 Å². The zero-order chi connectivity index (χ0) is 39.0. The van der Waals surface area contributed by atoms with Crippen molar-refractivity contribution in [3.05, 3.63) is 69.8 Å². The standard InChI is InChI=1S/C38H50ClN7O6S.ClH/c1-21(23-12-14-25(15-13-23)33-22(2)42-20-53-33)43-36(51)29-18-26(47)19-46(29)37(52)34(38(3,4)5)45-31(49)11-7-9-24-8-6-10-28(32(24)39)44-35(50)27(40)16-17-30(41)48;/h6,8,10,12-15,20-21,26-27,29,34,47H,7,9,11,16-19,40H2,1-5H3,(H2,41,48)(H,43,51)(H,44,50)(H,45,49);1H/t21-,26+,27?,29-,34+;/m0./s1. The molecule has 4 rings (SSSR count). The first kappa shape index (κ1) is 44.3. The van der Waals surface area contributed by atoms with Crippen LogP contribution in [0.4, 0.5) is 5.69 Å². The number of aliphatic hydroxyl groups is 1. The Kier molecular flexibility index (Phi) is 16.0. The Balaban J connectivity index is 0.00000784.